The van der Waals surface area contributed by atoms with Crippen molar-refractivity contribution in [1.82, 2.24) is 9.62 Å². The fourth-order valence-corrected chi connectivity index (χ4v) is 4.39. The van der Waals surface area contributed by atoms with Gasteiger partial charge in [-0.25, -0.2) is 8.42 Å². The van der Waals surface area contributed by atoms with Crippen LogP contribution < -0.4 is 15.4 Å². The highest BCUT2D eigenvalue weighted by Crippen LogP contribution is 2.27. The van der Waals surface area contributed by atoms with Crippen molar-refractivity contribution in [3.63, 3.8) is 0 Å². The highest BCUT2D eigenvalue weighted by atomic mass is 32.2. The Morgan fingerprint density at radius 1 is 1.12 bits per heavy atom. The second kappa shape index (κ2) is 10.7. The van der Waals surface area contributed by atoms with Gasteiger partial charge in [0.25, 0.3) is 5.91 Å². The zero-order chi connectivity index (χ0) is 23.9. The van der Waals surface area contributed by atoms with Crippen LogP contribution in [0.2, 0.25) is 0 Å². The lowest BCUT2D eigenvalue weighted by Gasteiger charge is -2.18. The average molecular weight is 465 g/mol. The predicted molar refractivity (Wildman–Crippen MR) is 117 cm³/mol. The summed E-state index contributed by atoms with van der Waals surface area (Å²) in [5.41, 5.74) is -0.147. The fraction of sp³-hybridized carbons (Fsp3) is 0.300. The van der Waals surface area contributed by atoms with E-state index in [1.54, 1.807) is 13.8 Å². The molecule has 2 N–H and O–H groups in total. The molecule has 0 atom stereocenters. The molecule has 2 rings (SSSR count). The van der Waals surface area contributed by atoms with E-state index < -0.39 is 33.3 Å². The number of benzene rings is 2. The van der Waals surface area contributed by atoms with Gasteiger partial charge in [0.2, 0.25) is 15.9 Å². The molecule has 172 valence electrons. The summed E-state index contributed by atoms with van der Waals surface area (Å²) in [7, 11) is -2.42. The Morgan fingerprint density at radius 3 is 2.41 bits per heavy atom. The Labute approximate surface area is 185 Å². The lowest BCUT2D eigenvalue weighted by Crippen LogP contribution is -2.33. The lowest BCUT2D eigenvalue weighted by atomic mass is 10.1. The quantitative estimate of drug-likeness (QED) is 0.403. The maximum absolute atomic E-state index is 12.6. The molecule has 0 aliphatic rings. The number of nitro benzene ring substituents is 1. The minimum atomic E-state index is -3.69. The molecule has 0 saturated carbocycles. The number of nitrogens with one attached hydrogen (secondary N) is 2. The number of ether oxygens (including phenoxy) is 1. The molecule has 0 bridgehead atoms. The summed E-state index contributed by atoms with van der Waals surface area (Å²) in [5.74, 6) is -1.29. The van der Waals surface area contributed by atoms with Crippen LogP contribution in [0.3, 0.4) is 0 Å². The Morgan fingerprint density at radius 2 is 1.81 bits per heavy atom. The van der Waals surface area contributed by atoms with Crippen molar-refractivity contribution in [1.29, 1.82) is 0 Å². The topological polar surface area (TPSA) is 148 Å². The van der Waals surface area contributed by atoms with Gasteiger partial charge in [-0.15, -0.1) is 0 Å². The monoisotopic (exact) mass is 464 g/mol. The van der Waals surface area contributed by atoms with Crippen molar-refractivity contribution in [3.05, 3.63) is 58.1 Å². The second-order valence-corrected chi connectivity index (χ2v) is 8.43. The molecule has 0 aliphatic carbocycles. The Hall–Kier alpha value is -3.51. The number of hydrogen-bond donors (Lipinski definition) is 2. The zero-order valence-corrected chi connectivity index (χ0v) is 18.6. The summed E-state index contributed by atoms with van der Waals surface area (Å²) >= 11 is 0. The van der Waals surface area contributed by atoms with Crippen molar-refractivity contribution < 1.29 is 27.7 Å². The minimum Gasteiger partial charge on any atom is -0.490 e. The van der Waals surface area contributed by atoms with Gasteiger partial charge in [-0.05, 0) is 30.3 Å². The van der Waals surface area contributed by atoms with E-state index in [-0.39, 0.29) is 27.6 Å². The molecule has 12 heteroatoms. The van der Waals surface area contributed by atoms with Crippen molar-refractivity contribution >= 4 is 33.2 Å². The number of anilines is 1. The molecule has 0 aliphatic heterocycles. The fourth-order valence-electron chi connectivity index (χ4n) is 2.89. The van der Waals surface area contributed by atoms with E-state index in [4.69, 9.17) is 4.74 Å². The van der Waals surface area contributed by atoms with Crippen LogP contribution >= 0.6 is 0 Å². The van der Waals surface area contributed by atoms with Gasteiger partial charge in [0.15, 0.2) is 5.75 Å². The number of nitro groups is 1. The molecule has 2 aromatic rings. The molecule has 0 heterocycles. The van der Waals surface area contributed by atoms with E-state index in [0.717, 1.165) is 6.07 Å². The summed E-state index contributed by atoms with van der Waals surface area (Å²) in [6.45, 7) is 3.65. The second-order valence-electron chi connectivity index (χ2n) is 6.49. The summed E-state index contributed by atoms with van der Waals surface area (Å²) < 4.78 is 31.4. The molecule has 0 aromatic heterocycles. The van der Waals surface area contributed by atoms with Crippen LogP contribution in [0.4, 0.5) is 11.4 Å². The Balaban J connectivity index is 2.06. The first-order valence-electron chi connectivity index (χ1n) is 9.64. The van der Waals surface area contributed by atoms with Crippen molar-refractivity contribution in [3.8, 4) is 5.75 Å². The number of methoxy groups -OCH3 is 1. The SMILES string of the molecule is CCN(CC)S(=O)(=O)c1cccc(NC(=O)CNC(=O)c2ccc(OC)c([N+](=O)[O-])c2)c1. The maximum Gasteiger partial charge on any atom is 0.311 e. The lowest BCUT2D eigenvalue weighted by molar-refractivity contribution is -0.385. The number of rotatable bonds is 10. The molecular formula is C20H24N4O7S. The molecule has 32 heavy (non-hydrogen) atoms. The molecule has 0 saturated heterocycles. The minimum absolute atomic E-state index is 0.00355. The third-order valence-electron chi connectivity index (χ3n) is 4.51. The molecule has 2 aromatic carbocycles. The van der Waals surface area contributed by atoms with Crippen LogP contribution in [0.25, 0.3) is 0 Å². The van der Waals surface area contributed by atoms with Crippen LogP contribution in [0.15, 0.2) is 47.4 Å². The summed E-state index contributed by atoms with van der Waals surface area (Å²) in [5, 5.41) is 16.0. The van der Waals surface area contributed by atoms with Gasteiger partial charge in [0.1, 0.15) is 0 Å². The van der Waals surface area contributed by atoms with Crippen LogP contribution in [0.1, 0.15) is 24.2 Å². The van der Waals surface area contributed by atoms with Gasteiger partial charge in [-0.1, -0.05) is 19.9 Å². The van der Waals surface area contributed by atoms with Crippen LogP contribution in [-0.2, 0) is 14.8 Å². The molecule has 2 amide bonds. The smallest absolute Gasteiger partial charge is 0.311 e. The Bertz CT molecular complexity index is 1110. The van der Waals surface area contributed by atoms with E-state index in [1.807, 2.05) is 0 Å². The van der Waals surface area contributed by atoms with Gasteiger partial charge in [0.05, 0.1) is 23.5 Å². The standard InChI is InChI=1S/C20H24N4O7S/c1-4-23(5-2)32(29,30)16-8-6-7-15(12-16)22-19(25)13-21-20(26)14-9-10-18(31-3)17(11-14)24(27)28/h6-12H,4-5,13H2,1-3H3,(H,21,26)(H,22,25). The molecule has 11 nitrogen and oxygen atoms in total. The van der Waals surface area contributed by atoms with E-state index in [2.05, 4.69) is 10.6 Å². The number of carbonyl (C=O) groups excluding carboxylic acids is 2. The van der Waals surface area contributed by atoms with Gasteiger partial charge < -0.3 is 15.4 Å². The number of amides is 2. The summed E-state index contributed by atoms with van der Waals surface area (Å²) in [6, 6.07) is 9.46. The number of hydrogen-bond acceptors (Lipinski definition) is 7. The van der Waals surface area contributed by atoms with Gasteiger partial charge >= 0.3 is 5.69 Å². The first-order chi connectivity index (χ1) is 15.1. The molecule has 0 fully saturated rings. The van der Waals surface area contributed by atoms with E-state index >= 15 is 0 Å². The maximum atomic E-state index is 12.6. The number of nitrogens with zero attached hydrogens (tertiary/aromatic N) is 2. The van der Waals surface area contributed by atoms with Crippen LogP contribution in [-0.4, -0.2) is 56.2 Å². The van der Waals surface area contributed by atoms with Gasteiger partial charge in [-0.3, -0.25) is 19.7 Å². The number of carbonyl (C=O) groups is 2. The first kappa shape index (κ1) is 24.8. The third kappa shape index (κ3) is 5.80. The third-order valence-corrected chi connectivity index (χ3v) is 6.55. The van der Waals surface area contributed by atoms with E-state index in [9.17, 15) is 28.1 Å². The molecule has 0 unspecified atom stereocenters. The van der Waals surface area contributed by atoms with E-state index in [0.29, 0.717) is 13.1 Å². The van der Waals surface area contributed by atoms with Gasteiger partial charge in [-0.2, -0.15) is 4.31 Å². The van der Waals surface area contributed by atoms with Crippen LogP contribution in [0.5, 0.6) is 5.75 Å². The summed E-state index contributed by atoms with van der Waals surface area (Å²) in [6.07, 6.45) is 0. The van der Waals surface area contributed by atoms with Crippen molar-refractivity contribution in [2.75, 3.05) is 32.1 Å². The normalized spacial score (nSPS) is 11.1. The summed E-state index contributed by atoms with van der Waals surface area (Å²) in [4.78, 5) is 34.9. The highest BCUT2D eigenvalue weighted by Gasteiger charge is 2.22. The van der Waals surface area contributed by atoms with E-state index in [1.165, 1.54) is 47.8 Å². The van der Waals surface area contributed by atoms with Crippen molar-refractivity contribution in [2.24, 2.45) is 0 Å². The molecular weight excluding hydrogens is 440 g/mol. The Kier molecular flexibility index (Phi) is 8.27. The molecule has 0 spiro atoms. The zero-order valence-electron chi connectivity index (χ0n) is 17.8. The van der Waals surface area contributed by atoms with Crippen LogP contribution in [0, 0.1) is 10.1 Å². The average Bonchev–Trinajstić information content (AvgIpc) is 2.77. The number of sulfonamides is 1. The molecule has 0 radical (unpaired) electrons. The largest absolute Gasteiger partial charge is 0.490 e. The first-order valence-corrected chi connectivity index (χ1v) is 11.1. The van der Waals surface area contributed by atoms with Gasteiger partial charge in [0, 0.05) is 30.4 Å². The highest BCUT2D eigenvalue weighted by molar-refractivity contribution is 7.89. The predicted octanol–water partition coefficient (Wildman–Crippen LogP) is 2.00. The van der Waals surface area contributed by atoms with Crippen molar-refractivity contribution in [2.45, 2.75) is 18.7 Å².